The summed E-state index contributed by atoms with van der Waals surface area (Å²) in [6.07, 6.45) is 0.175. The van der Waals surface area contributed by atoms with Crippen LogP contribution in [0, 0.1) is 0 Å². The van der Waals surface area contributed by atoms with Crippen molar-refractivity contribution in [3.63, 3.8) is 0 Å². The Labute approximate surface area is 186 Å². The van der Waals surface area contributed by atoms with E-state index in [4.69, 9.17) is 0 Å². The Balaban J connectivity index is 0.00000420. The van der Waals surface area contributed by atoms with Crippen LogP contribution in [-0.4, -0.2) is 84.2 Å². The number of hydrogen-bond donors (Lipinski definition) is 0. The molecule has 4 amide bonds. The van der Waals surface area contributed by atoms with Crippen molar-refractivity contribution < 1.29 is 79.8 Å². The summed E-state index contributed by atoms with van der Waals surface area (Å²) in [6, 6.07) is 0. The average molecular weight is 460 g/mol. The summed E-state index contributed by atoms with van der Waals surface area (Å²) in [5, 5.41) is -2.39. The molecule has 1 atom stereocenters. The molecule has 0 bridgehead atoms. The SMILES string of the molecule is O=C(CCS(=O)(=O)CCN1C(=O)C=CC1=O)ON1C(=O)CC(S(=O)(=O)[O-])C1=O.[Na+]. The summed E-state index contributed by atoms with van der Waals surface area (Å²) in [4.78, 5) is 62.6. The summed E-state index contributed by atoms with van der Waals surface area (Å²) in [5.74, 6) is -6.85. The van der Waals surface area contributed by atoms with Gasteiger partial charge in [-0.3, -0.25) is 24.1 Å². The summed E-state index contributed by atoms with van der Waals surface area (Å²) < 4.78 is 56.4. The Morgan fingerprint density at radius 2 is 1.62 bits per heavy atom. The second-order valence-corrected chi connectivity index (χ2v) is 9.60. The molecule has 0 saturated carbocycles. The maximum Gasteiger partial charge on any atom is 1.00 e. The number of hydrogen-bond acceptors (Lipinski definition) is 11. The summed E-state index contributed by atoms with van der Waals surface area (Å²) >= 11 is 0. The molecule has 1 fully saturated rings. The van der Waals surface area contributed by atoms with Gasteiger partial charge in [-0.15, -0.1) is 5.06 Å². The van der Waals surface area contributed by atoms with Gasteiger partial charge in [0.25, 0.3) is 23.6 Å². The van der Waals surface area contributed by atoms with E-state index in [9.17, 15) is 45.4 Å². The Hall–Kier alpha value is -1.65. The van der Waals surface area contributed by atoms with E-state index >= 15 is 0 Å². The maximum atomic E-state index is 11.9. The van der Waals surface area contributed by atoms with Gasteiger partial charge in [0, 0.05) is 18.7 Å². The van der Waals surface area contributed by atoms with Crippen molar-refractivity contribution in [3.05, 3.63) is 12.2 Å². The summed E-state index contributed by atoms with van der Waals surface area (Å²) in [6.45, 7) is -0.422. The number of carbonyl (C=O) groups excluding carboxylic acids is 5. The van der Waals surface area contributed by atoms with Gasteiger partial charge in [0.1, 0.15) is 15.4 Å². The smallest absolute Gasteiger partial charge is 0.747 e. The Morgan fingerprint density at radius 3 is 2.10 bits per heavy atom. The van der Waals surface area contributed by atoms with Crippen molar-refractivity contribution in [1.82, 2.24) is 9.96 Å². The minimum atomic E-state index is -5.13. The fourth-order valence-corrected chi connectivity index (χ4v) is 4.11. The average Bonchev–Trinajstić information content (AvgIpc) is 3.04. The van der Waals surface area contributed by atoms with E-state index in [1.54, 1.807) is 0 Å². The number of rotatable bonds is 8. The third-order valence-electron chi connectivity index (χ3n) is 3.75. The molecule has 2 heterocycles. The van der Waals surface area contributed by atoms with Crippen LogP contribution in [0.3, 0.4) is 0 Å². The molecule has 29 heavy (non-hydrogen) atoms. The van der Waals surface area contributed by atoms with Crippen molar-refractivity contribution in [1.29, 1.82) is 0 Å². The topological polar surface area (TPSA) is 192 Å². The summed E-state index contributed by atoms with van der Waals surface area (Å²) in [5.41, 5.74) is 0. The molecule has 2 aliphatic rings. The number of imide groups is 2. The van der Waals surface area contributed by atoms with E-state index in [0.717, 1.165) is 12.2 Å². The molecular formula is C13H13N2NaO11S2. The first-order valence-electron chi connectivity index (χ1n) is 7.58. The standard InChI is InChI=1S/C13H14N2O11S2.Na/c16-9-1-2-10(17)14(9)4-6-27(21,22)5-3-12(19)26-15-11(18)7-8(13(15)20)28(23,24)25;/h1-2,8H,3-7H2,(H,23,24,25);/q;+1/p-1. The van der Waals surface area contributed by atoms with Crippen molar-refractivity contribution in [2.75, 3.05) is 18.1 Å². The van der Waals surface area contributed by atoms with Gasteiger partial charge in [-0.05, 0) is 0 Å². The van der Waals surface area contributed by atoms with Gasteiger partial charge in [-0.1, -0.05) is 0 Å². The third-order valence-corrected chi connectivity index (χ3v) is 6.44. The molecule has 154 valence electrons. The zero-order valence-corrected chi connectivity index (χ0v) is 18.6. The van der Waals surface area contributed by atoms with Crippen LogP contribution in [0.2, 0.25) is 0 Å². The van der Waals surface area contributed by atoms with E-state index in [0.29, 0.717) is 4.90 Å². The van der Waals surface area contributed by atoms with Crippen LogP contribution in [0.4, 0.5) is 0 Å². The van der Waals surface area contributed by atoms with Crippen molar-refractivity contribution >= 4 is 49.6 Å². The molecule has 0 aromatic heterocycles. The number of nitrogens with zero attached hydrogens (tertiary/aromatic N) is 2. The van der Waals surface area contributed by atoms with Gasteiger partial charge in [-0.2, -0.15) is 0 Å². The molecule has 0 aromatic carbocycles. The van der Waals surface area contributed by atoms with Gasteiger partial charge in [-0.25, -0.2) is 21.6 Å². The van der Waals surface area contributed by atoms with Crippen LogP contribution in [0.5, 0.6) is 0 Å². The van der Waals surface area contributed by atoms with E-state index in [2.05, 4.69) is 4.84 Å². The Kier molecular flexibility index (Phi) is 8.26. The number of carbonyl (C=O) groups is 5. The van der Waals surface area contributed by atoms with Crippen LogP contribution in [0.15, 0.2) is 12.2 Å². The minimum absolute atomic E-state index is 0. The molecule has 2 rings (SSSR count). The first kappa shape index (κ1) is 25.4. The third kappa shape index (κ3) is 6.42. The predicted molar refractivity (Wildman–Crippen MR) is 85.2 cm³/mol. The van der Waals surface area contributed by atoms with Crippen LogP contribution >= 0.6 is 0 Å². The zero-order valence-electron chi connectivity index (χ0n) is 15.0. The van der Waals surface area contributed by atoms with E-state index in [-0.39, 0.29) is 34.6 Å². The molecule has 0 N–H and O–H groups in total. The van der Waals surface area contributed by atoms with E-state index < -0.39 is 85.7 Å². The van der Waals surface area contributed by atoms with Crippen molar-refractivity contribution in [3.8, 4) is 0 Å². The first-order chi connectivity index (χ1) is 12.8. The largest absolute Gasteiger partial charge is 1.00 e. The number of sulfone groups is 1. The van der Waals surface area contributed by atoms with Gasteiger partial charge in [0.2, 0.25) is 0 Å². The van der Waals surface area contributed by atoms with Gasteiger partial charge in [0.05, 0.1) is 24.3 Å². The van der Waals surface area contributed by atoms with Crippen LogP contribution in [-0.2, 0) is 48.8 Å². The second kappa shape index (κ2) is 9.44. The number of hydroxylamine groups is 2. The Bertz CT molecular complexity index is 968. The fourth-order valence-electron chi connectivity index (χ4n) is 2.27. The molecule has 0 spiro atoms. The van der Waals surface area contributed by atoms with Crippen LogP contribution < -0.4 is 29.6 Å². The fraction of sp³-hybridized carbons (Fsp3) is 0.462. The minimum Gasteiger partial charge on any atom is -0.747 e. The summed E-state index contributed by atoms with van der Waals surface area (Å²) in [7, 11) is -9.04. The molecular weight excluding hydrogens is 447 g/mol. The van der Waals surface area contributed by atoms with Crippen LogP contribution in [0.1, 0.15) is 12.8 Å². The van der Waals surface area contributed by atoms with Gasteiger partial charge < -0.3 is 9.39 Å². The quantitative estimate of drug-likeness (QED) is 0.190. The molecule has 0 radical (unpaired) electrons. The van der Waals surface area contributed by atoms with Crippen molar-refractivity contribution in [2.45, 2.75) is 18.1 Å². The molecule has 1 saturated heterocycles. The maximum absolute atomic E-state index is 11.9. The van der Waals surface area contributed by atoms with Crippen LogP contribution in [0.25, 0.3) is 0 Å². The second-order valence-electron chi connectivity index (χ2n) is 5.74. The molecule has 13 nitrogen and oxygen atoms in total. The van der Waals surface area contributed by atoms with Gasteiger partial charge >= 0.3 is 35.5 Å². The molecule has 2 aliphatic heterocycles. The van der Waals surface area contributed by atoms with E-state index in [1.165, 1.54) is 0 Å². The molecule has 0 aromatic rings. The normalized spacial score (nSPS) is 19.7. The molecule has 0 aliphatic carbocycles. The first-order valence-corrected chi connectivity index (χ1v) is 10.9. The zero-order chi connectivity index (χ0) is 21.3. The number of amides is 4. The predicted octanol–water partition coefficient (Wildman–Crippen LogP) is -6.15. The molecule has 1 unspecified atom stereocenters. The van der Waals surface area contributed by atoms with E-state index in [1.807, 2.05) is 0 Å². The van der Waals surface area contributed by atoms with Gasteiger partial charge in [0.15, 0.2) is 9.84 Å². The molecule has 16 heteroatoms. The Morgan fingerprint density at radius 1 is 1.07 bits per heavy atom. The van der Waals surface area contributed by atoms with Crippen molar-refractivity contribution in [2.24, 2.45) is 0 Å². The monoisotopic (exact) mass is 460 g/mol.